The Morgan fingerprint density at radius 2 is 1.41 bits per heavy atom. The first-order chi connectivity index (χ1) is 16.5. The van der Waals surface area contributed by atoms with Crippen molar-refractivity contribution in [3.05, 3.63) is 59.4 Å². The van der Waals surface area contributed by atoms with Crippen LogP contribution in [0, 0.1) is 35.2 Å². The molecular formula is C30H41F3Si. The van der Waals surface area contributed by atoms with Gasteiger partial charge in [-0.2, -0.15) is 0 Å². The molecular weight excluding hydrogens is 445 g/mol. The first-order valence-corrected chi connectivity index (χ1v) is 16.2. The van der Waals surface area contributed by atoms with Gasteiger partial charge in [0, 0.05) is 8.80 Å². The molecule has 0 nitrogen and oxygen atoms in total. The maximum absolute atomic E-state index is 14.7. The third kappa shape index (κ3) is 6.77. The van der Waals surface area contributed by atoms with Crippen molar-refractivity contribution in [3.8, 4) is 11.1 Å². The number of halogens is 3. The topological polar surface area (TPSA) is 0 Å². The van der Waals surface area contributed by atoms with Crippen LogP contribution in [0.5, 0.6) is 0 Å². The molecule has 2 aromatic carbocycles. The van der Waals surface area contributed by atoms with Crippen LogP contribution in [0.1, 0.15) is 76.7 Å². The van der Waals surface area contributed by atoms with Gasteiger partial charge in [-0.15, -0.1) is 0 Å². The van der Waals surface area contributed by atoms with Gasteiger partial charge in [-0.1, -0.05) is 82.1 Å². The molecule has 0 spiro atoms. The predicted octanol–water partition coefficient (Wildman–Crippen LogP) is 9.34. The van der Waals surface area contributed by atoms with Gasteiger partial charge in [-0.3, -0.25) is 0 Å². The summed E-state index contributed by atoms with van der Waals surface area (Å²) in [6.07, 6.45) is 14.2. The molecule has 2 aliphatic rings. The van der Waals surface area contributed by atoms with Gasteiger partial charge in [0.1, 0.15) is 17.5 Å². The highest BCUT2D eigenvalue weighted by Gasteiger charge is 2.31. The summed E-state index contributed by atoms with van der Waals surface area (Å²) in [5.41, 5.74) is 1.04. The van der Waals surface area contributed by atoms with E-state index in [2.05, 4.69) is 6.92 Å². The molecule has 1 aliphatic carbocycles. The molecule has 2 fully saturated rings. The molecule has 186 valence electrons. The Morgan fingerprint density at radius 1 is 0.794 bits per heavy atom. The second-order valence-electron chi connectivity index (χ2n) is 11.0. The van der Waals surface area contributed by atoms with Crippen LogP contribution < -0.4 is 0 Å². The molecule has 0 N–H and O–H groups in total. The molecule has 0 atom stereocenters. The number of hydrogen-bond acceptors (Lipinski definition) is 0. The van der Waals surface area contributed by atoms with Crippen molar-refractivity contribution in [2.75, 3.05) is 0 Å². The Kier molecular flexibility index (Phi) is 9.33. The van der Waals surface area contributed by atoms with Gasteiger partial charge >= 0.3 is 0 Å². The Bertz CT molecular complexity index is 871. The summed E-state index contributed by atoms with van der Waals surface area (Å²) in [6.45, 7) is 2.30. The van der Waals surface area contributed by atoms with E-state index in [-0.39, 0.29) is 5.56 Å². The summed E-state index contributed by atoms with van der Waals surface area (Å²) in [5, 5.41) is 0. The van der Waals surface area contributed by atoms with E-state index in [9.17, 15) is 13.2 Å². The molecule has 1 aliphatic heterocycles. The van der Waals surface area contributed by atoms with Crippen LogP contribution in [0.25, 0.3) is 11.1 Å². The Labute approximate surface area is 206 Å². The van der Waals surface area contributed by atoms with Crippen LogP contribution in [-0.4, -0.2) is 8.80 Å². The van der Waals surface area contributed by atoms with Crippen molar-refractivity contribution in [2.45, 2.75) is 95.7 Å². The lowest BCUT2D eigenvalue weighted by Crippen LogP contribution is -2.28. The molecule has 0 aromatic heterocycles. The van der Waals surface area contributed by atoms with Crippen molar-refractivity contribution in [2.24, 2.45) is 17.8 Å². The Hall–Kier alpha value is -1.55. The molecule has 4 heteroatoms. The van der Waals surface area contributed by atoms with Crippen LogP contribution in [0.3, 0.4) is 0 Å². The van der Waals surface area contributed by atoms with E-state index < -0.39 is 26.2 Å². The standard InChI is InChI=1S/C30H41F3Si/c1-2-3-4-17-34-18-15-25(16-19-34)24-9-7-22(8-10-24)5-6-23-20-28(32)30(29(33)21-23)26-11-13-27(31)14-12-26/h11-14,20-22,24-25,34H,2-10,15-19H2,1H3/t22-,24-,25?,34?. The summed E-state index contributed by atoms with van der Waals surface area (Å²) < 4.78 is 42.6. The van der Waals surface area contributed by atoms with E-state index in [1.54, 1.807) is 18.1 Å². The van der Waals surface area contributed by atoms with Gasteiger partial charge in [0.2, 0.25) is 0 Å². The molecule has 1 saturated carbocycles. The monoisotopic (exact) mass is 486 g/mol. The van der Waals surface area contributed by atoms with Crippen molar-refractivity contribution < 1.29 is 13.2 Å². The van der Waals surface area contributed by atoms with Crippen LogP contribution in [0.15, 0.2) is 36.4 Å². The predicted molar refractivity (Wildman–Crippen MR) is 139 cm³/mol. The van der Waals surface area contributed by atoms with Gasteiger partial charge in [0.15, 0.2) is 0 Å². The molecule has 0 radical (unpaired) electrons. The fourth-order valence-corrected chi connectivity index (χ4v) is 10.1. The summed E-state index contributed by atoms with van der Waals surface area (Å²) in [6, 6.07) is 13.0. The van der Waals surface area contributed by atoms with Crippen molar-refractivity contribution in [3.63, 3.8) is 0 Å². The fourth-order valence-electron chi connectivity index (χ4n) is 6.61. The molecule has 1 saturated heterocycles. The molecule has 4 rings (SSSR count). The minimum absolute atomic E-state index is 0.0626. The van der Waals surface area contributed by atoms with Crippen LogP contribution >= 0.6 is 0 Å². The van der Waals surface area contributed by atoms with Crippen LogP contribution in [0.2, 0.25) is 18.1 Å². The summed E-state index contributed by atoms with van der Waals surface area (Å²) in [7, 11) is -0.422. The normalized spacial score (nSPS) is 25.4. The number of unbranched alkanes of at least 4 members (excludes halogenated alkanes) is 2. The minimum atomic E-state index is -0.556. The van der Waals surface area contributed by atoms with E-state index in [0.29, 0.717) is 11.5 Å². The van der Waals surface area contributed by atoms with Gasteiger partial charge in [-0.05, 0) is 78.8 Å². The van der Waals surface area contributed by atoms with Crippen LogP contribution in [0.4, 0.5) is 13.2 Å². The third-order valence-electron chi connectivity index (χ3n) is 8.74. The fraction of sp³-hybridized carbons (Fsp3) is 0.600. The number of hydrogen-bond donors (Lipinski definition) is 0. The van der Waals surface area contributed by atoms with E-state index in [1.807, 2.05) is 0 Å². The largest absolute Gasteiger partial charge is 0.207 e. The average Bonchev–Trinajstić information content (AvgIpc) is 2.84. The summed E-state index contributed by atoms with van der Waals surface area (Å²) in [5.74, 6) is 1.05. The number of rotatable bonds is 9. The lowest BCUT2D eigenvalue weighted by atomic mass is 9.73. The molecule has 0 unspecified atom stereocenters. The molecule has 0 bridgehead atoms. The second kappa shape index (κ2) is 12.4. The average molecular weight is 487 g/mol. The molecule has 0 amide bonds. The summed E-state index contributed by atoms with van der Waals surface area (Å²) in [4.78, 5) is 0. The van der Waals surface area contributed by atoms with Crippen molar-refractivity contribution >= 4 is 8.80 Å². The van der Waals surface area contributed by atoms with Crippen molar-refractivity contribution in [1.82, 2.24) is 0 Å². The summed E-state index contributed by atoms with van der Waals surface area (Å²) >= 11 is 0. The minimum Gasteiger partial charge on any atom is -0.207 e. The number of aryl methyl sites for hydroxylation is 1. The zero-order valence-electron chi connectivity index (χ0n) is 20.8. The highest BCUT2D eigenvalue weighted by Crippen LogP contribution is 2.42. The lowest BCUT2D eigenvalue weighted by Gasteiger charge is -2.37. The molecule has 2 aromatic rings. The van der Waals surface area contributed by atoms with Gasteiger partial charge in [-0.25, -0.2) is 13.2 Å². The first kappa shape index (κ1) is 25.5. The Morgan fingerprint density at radius 3 is 2.03 bits per heavy atom. The highest BCUT2D eigenvalue weighted by atomic mass is 28.3. The zero-order chi connectivity index (χ0) is 23.9. The third-order valence-corrected chi connectivity index (χ3v) is 12.3. The van der Waals surface area contributed by atoms with E-state index >= 15 is 0 Å². The second-order valence-corrected chi connectivity index (χ2v) is 14.5. The van der Waals surface area contributed by atoms with E-state index in [0.717, 1.165) is 30.2 Å². The molecule has 34 heavy (non-hydrogen) atoms. The van der Waals surface area contributed by atoms with Crippen LogP contribution in [-0.2, 0) is 6.42 Å². The molecule has 1 heterocycles. The zero-order valence-corrected chi connectivity index (χ0v) is 22.0. The first-order valence-electron chi connectivity index (χ1n) is 13.8. The smallest absolute Gasteiger partial charge is 0.134 e. The SMILES string of the molecule is CCCCC[SiH]1CCC([C@H]2CC[C@H](CCc3cc(F)c(-c4ccc(F)cc4)c(F)c3)CC2)CC1. The maximum Gasteiger partial charge on any atom is 0.134 e. The maximum atomic E-state index is 14.7. The number of benzene rings is 2. The van der Waals surface area contributed by atoms with Gasteiger partial charge < -0.3 is 0 Å². The van der Waals surface area contributed by atoms with Gasteiger partial charge in [0.05, 0.1) is 5.56 Å². The van der Waals surface area contributed by atoms with Gasteiger partial charge in [0.25, 0.3) is 0 Å². The van der Waals surface area contributed by atoms with E-state index in [4.69, 9.17) is 0 Å². The highest BCUT2D eigenvalue weighted by molar-refractivity contribution is 6.58. The quantitative estimate of drug-likeness (QED) is 0.245. The lowest BCUT2D eigenvalue weighted by molar-refractivity contribution is 0.186. The Balaban J connectivity index is 1.22. The van der Waals surface area contributed by atoms with E-state index in [1.165, 1.54) is 94.2 Å². The van der Waals surface area contributed by atoms with Crippen molar-refractivity contribution in [1.29, 1.82) is 0 Å².